The highest BCUT2D eigenvalue weighted by Crippen LogP contribution is 2.16. The zero-order valence-corrected chi connectivity index (χ0v) is 14.9. The van der Waals surface area contributed by atoms with Crippen LogP contribution in [0.2, 0.25) is 0 Å². The summed E-state index contributed by atoms with van der Waals surface area (Å²) >= 11 is 6.85. The van der Waals surface area contributed by atoms with Crippen molar-refractivity contribution < 1.29 is 4.74 Å². The molecule has 0 bridgehead atoms. The van der Waals surface area contributed by atoms with Crippen LogP contribution in [0.15, 0.2) is 35.7 Å². The number of ether oxygens (including phenoxy) is 1. The van der Waals surface area contributed by atoms with Crippen LogP contribution in [-0.2, 0) is 4.74 Å². The summed E-state index contributed by atoms with van der Waals surface area (Å²) in [5, 5.41) is 5.58. The summed E-state index contributed by atoms with van der Waals surface area (Å²) in [6.07, 6.45) is 0.107. The molecule has 0 atom stereocenters. The molecule has 114 valence electrons. The maximum atomic E-state index is 5.36. The van der Waals surface area contributed by atoms with E-state index in [9.17, 15) is 0 Å². The Morgan fingerprint density at radius 1 is 1.19 bits per heavy atom. The predicted molar refractivity (Wildman–Crippen MR) is 97.4 cm³/mol. The van der Waals surface area contributed by atoms with Gasteiger partial charge in [-0.25, -0.2) is 0 Å². The Morgan fingerprint density at radius 3 is 2.33 bits per heavy atom. The fourth-order valence-corrected chi connectivity index (χ4v) is 2.50. The van der Waals surface area contributed by atoms with E-state index in [1.807, 2.05) is 32.9 Å². The van der Waals surface area contributed by atoms with E-state index in [1.54, 1.807) is 11.3 Å². The number of hydrogen-bond donors (Lipinski definition) is 1. The van der Waals surface area contributed by atoms with Gasteiger partial charge in [-0.1, -0.05) is 23.8 Å². The lowest BCUT2D eigenvalue weighted by molar-refractivity contribution is 0.235. The van der Waals surface area contributed by atoms with E-state index in [-0.39, 0.29) is 6.10 Å². The predicted octanol–water partition coefficient (Wildman–Crippen LogP) is 5.48. The van der Waals surface area contributed by atoms with Crippen LogP contribution in [0.3, 0.4) is 0 Å². The molecule has 1 aromatic carbocycles. The average Bonchev–Trinajstić information content (AvgIpc) is 2.84. The lowest BCUT2D eigenvalue weighted by atomic mass is 10.1. The first-order chi connectivity index (χ1) is 9.88. The van der Waals surface area contributed by atoms with Crippen LogP contribution in [-0.4, -0.2) is 11.3 Å². The van der Waals surface area contributed by atoms with Crippen molar-refractivity contribution in [1.29, 1.82) is 0 Å². The number of anilines is 1. The lowest BCUT2D eigenvalue weighted by Crippen LogP contribution is -2.18. The van der Waals surface area contributed by atoms with Gasteiger partial charge in [-0.15, -0.1) is 11.3 Å². The molecule has 4 heteroatoms. The molecule has 2 nitrogen and oxygen atoms in total. The fraction of sp³-hybridized carbons (Fsp3) is 0.353. The highest BCUT2D eigenvalue weighted by Gasteiger charge is 2.03. The van der Waals surface area contributed by atoms with E-state index in [0.29, 0.717) is 5.17 Å². The molecular formula is C17H23NOS2. The Hall–Kier alpha value is -1.39. The van der Waals surface area contributed by atoms with Gasteiger partial charge in [0, 0.05) is 10.6 Å². The number of hydrogen-bond acceptors (Lipinski definition) is 3. The van der Waals surface area contributed by atoms with E-state index in [1.165, 1.54) is 16.0 Å². The smallest absolute Gasteiger partial charge is 0.261 e. The van der Waals surface area contributed by atoms with Crippen LogP contribution < -0.4 is 5.32 Å². The van der Waals surface area contributed by atoms with Crippen LogP contribution >= 0.6 is 23.6 Å². The molecule has 0 aliphatic heterocycles. The minimum atomic E-state index is 0.107. The molecule has 1 N–H and O–H groups in total. The number of rotatable bonds is 2. The van der Waals surface area contributed by atoms with Crippen molar-refractivity contribution in [3.8, 4) is 0 Å². The molecule has 0 aliphatic carbocycles. The maximum Gasteiger partial charge on any atom is 0.261 e. The van der Waals surface area contributed by atoms with E-state index >= 15 is 0 Å². The Bertz CT molecular complexity index is 562. The molecule has 0 unspecified atom stereocenters. The number of thiocarbonyl (C=S) groups is 1. The minimum Gasteiger partial charge on any atom is -0.468 e. The molecule has 0 saturated heterocycles. The molecule has 1 heterocycles. The third-order valence-electron chi connectivity index (χ3n) is 2.62. The summed E-state index contributed by atoms with van der Waals surface area (Å²) in [5.74, 6) is 0. The number of aryl methyl sites for hydroxylation is 3. The maximum absolute atomic E-state index is 5.36. The molecule has 2 aromatic rings. The fourth-order valence-electron chi connectivity index (χ4n) is 1.67. The van der Waals surface area contributed by atoms with E-state index in [2.05, 4.69) is 42.7 Å². The highest BCUT2D eigenvalue weighted by molar-refractivity contribution is 7.80. The second kappa shape index (κ2) is 8.80. The molecule has 0 aliphatic rings. The van der Waals surface area contributed by atoms with Crippen LogP contribution in [0.1, 0.15) is 29.9 Å². The Morgan fingerprint density at radius 2 is 1.90 bits per heavy atom. The van der Waals surface area contributed by atoms with Crippen LogP contribution in [0.25, 0.3) is 0 Å². The summed E-state index contributed by atoms with van der Waals surface area (Å²) in [7, 11) is 0. The van der Waals surface area contributed by atoms with Gasteiger partial charge in [0.2, 0.25) is 0 Å². The molecule has 21 heavy (non-hydrogen) atoms. The lowest BCUT2D eigenvalue weighted by Gasteiger charge is -2.14. The van der Waals surface area contributed by atoms with E-state index in [4.69, 9.17) is 17.0 Å². The largest absolute Gasteiger partial charge is 0.468 e. The Balaban J connectivity index is 0.000000304. The van der Waals surface area contributed by atoms with Gasteiger partial charge in [0.05, 0.1) is 6.10 Å². The van der Waals surface area contributed by atoms with Crippen LogP contribution in [0.4, 0.5) is 5.69 Å². The van der Waals surface area contributed by atoms with E-state index < -0.39 is 0 Å². The van der Waals surface area contributed by atoms with Gasteiger partial charge in [0.25, 0.3) is 5.17 Å². The summed E-state index contributed by atoms with van der Waals surface area (Å²) in [6.45, 7) is 10.1. The molecule has 0 fully saturated rings. The van der Waals surface area contributed by atoms with Gasteiger partial charge < -0.3 is 10.1 Å². The van der Waals surface area contributed by atoms with Crippen molar-refractivity contribution in [2.45, 2.75) is 40.7 Å². The van der Waals surface area contributed by atoms with Crippen molar-refractivity contribution >= 4 is 34.4 Å². The summed E-state index contributed by atoms with van der Waals surface area (Å²) in [6, 6.07) is 10.3. The second-order valence-corrected chi connectivity index (χ2v) is 6.64. The van der Waals surface area contributed by atoms with Gasteiger partial charge in [-0.2, -0.15) is 0 Å². The van der Waals surface area contributed by atoms with Crippen molar-refractivity contribution in [2.75, 3.05) is 5.32 Å². The first kappa shape index (κ1) is 17.7. The van der Waals surface area contributed by atoms with Gasteiger partial charge in [0.1, 0.15) is 0 Å². The first-order valence-corrected chi connectivity index (χ1v) is 8.22. The molecule has 2 rings (SSSR count). The molecule has 0 radical (unpaired) electrons. The van der Waals surface area contributed by atoms with Gasteiger partial charge >= 0.3 is 0 Å². The van der Waals surface area contributed by atoms with Crippen molar-refractivity contribution in [3.63, 3.8) is 0 Å². The zero-order valence-electron chi connectivity index (χ0n) is 13.3. The molecule has 0 saturated carbocycles. The molecule has 0 spiro atoms. The highest BCUT2D eigenvalue weighted by atomic mass is 32.1. The standard InChI is InChI=1S/C12H17NOS.C5H6S/c1-8(2)14-12(15)13-11-6-5-9(3)7-10(11)4;1-5-3-2-4-6-5/h5-8H,1-4H3,(H,13,15);2-4H,1H3. The average molecular weight is 322 g/mol. The first-order valence-electron chi connectivity index (χ1n) is 6.93. The monoisotopic (exact) mass is 321 g/mol. The van der Waals surface area contributed by atoms with Gasteiger partial charge in [-0.05, 0) is 69.9 Å². The third kappa shape index (κ3) is 7.25. The second-order valence-electron chi connectivity index (χ2n) is 5.12. The summed E-state index contributed by atoms with van der Waals surface area (Å²) < 4.78 is 5.36. The topological polar surface area (TPSA) is 21.3 Å². The van der Waals surface area contributed by atoms with Crippen molar-refractivity contribution in [1.82, 2.24) is 0 Å². The van der Waals surface area contributed by atoms with Crippen molar-refractivity contribution in [3.05, 3.63) is 51.7 Å². The Kier molecular flexibility index (Phi) is 7.40. The molecular weight excluding hydrogens is 298 g/mol. The summed E-state index contributed by atoms with van der Waals surface area (Å²) in [4.78, 5) is 1.38. The normalized spacial score (nSPS) is 9.81. The minimum absolute atomic E-state index is 0.107. The third-order valence-corrected chi connectivity index (χ3v) is 3.62. The SMILES string of the molecule is Cc1ccc(NC(=S)OC(C)C)c(C)c1.Cc1cccs1. The van der Waals surface area contributed by atoms with Gasteiger partial charge in [0.15, 0.2) is 0 Å². The van der Waals surface area contributed by atoms with Crippen LogP contribution in [0.5, 0.6) is 0 Å². The zero-order chi connectivity index (χ0) is 15.8. The van der Waals surface area contributed by atoms with E-state index in [0.717, 1.165) is 5.69 Å². The molecule has 1 aromatic heterocycles. The number of thiophene rings is 1. The summed E-state index contributed by atoms with van der Waals surface area (Å²) in [5.41, 5.74) is 3.42. The van der Waals surface area contributed by atoms with Crippen molar-refractivity contribution in [2.24, 2.45) is 0 Å². The number of nitrogens with one attached hydrogen (secondary N) is 1. The van der Waals surface area contributed by atoms with Gasteiger partial charge in [-0.3, -0.25) is 0 Å². The quantitative estimate of drug-likeness (QED) is 0.740. The Labute approximate surface area is 137 Å². The molecule has 0 amide bonds. The number of benzene rings is 1. The van der Waals surface area contributed by atoms with Crippen LogP contribution in [0, 0.1) is 20.8 Å².